The van der Waals surface area contributed by atoms with Gasteiger partial charge in [-0.2, -0.15) is 0 Å². The molecule has 0 aliphatic heterocycles. The lowest BCUT2D eigenvalue weighted by Gasteiger charge is -2.32. The van der Waals surface area contributed by atoms with Gasteiger partial charge in [0.1, 0.15) is 5.54 Å². The number of nitro groups is 1. The molecular weight excluding hydrogens is 508 g/mol. The summed E-state index contributed by atoms with van der Waals surface area (Å²) in [6.07, 6.45) is 0.0516. The molecule has 1 unspecified atom stereocenters. The highest BCUT2D eigenvalue weighted by atomic mass is 16.6. The van der Waals surface area contributed by atoms with Crippen LogP contribution in [-0.2, 0) is 26.3 Å². The number of nitro benzene ring substituents is 1. The van der Waals surface area contributed by atoms with E-state index in [-0.39, 0.29) is 17.7 Å². The van der Waals surface area contributed by atoms with E-state index in [0.29, 0.717) is 11.3 Å². The number of rotatable bonds is 10. The van der Waals surface area contributed by atoms with Crippen LogP contribution in [0.15, 0.2) is 109 Å². The van der Waals surface area contributed by atoms with E-state index >= 15 is 0 Å². The van der Waals surface area contributed by atoms with Crippen molar-refractivity contribution in [3.05, 3.63) is 142 Å². The number of benzene rings is 4. The summed E-state index contributed by atoms with van der Waals surface area (Å²) >= 11 is 0. The Balaban J connectivity index is 1.73. The topological polar surface area (TPSA) is 144 Å². The van der Waals surface area contributed by atoms with Crippen LogP contribution in [0.25, 0.3) is 0 Å². The number of non-ortho nitro benzene ring substituents is 1. The highest BCUT2D eigenvalue weighted by Crippen LogP contribution is 2.30. The van der Waals surface area contributed by atoms with E-state index in [2.05, 4.69) is 10.6 Å². The maximum atomic E-state index is 14.0. The van der Waals surface area contributed by atoms with E-state index in [4.69, 9.17) is 5.73 Å². The number of carbonyl (C=O) groups excluding carboxylic acids is 3. The second kappa shape index (κ2) is 12.0. The molecule has 4 aromatic rings. The summed E-state index contributed by atoms with van der Waals surface area (Å²) in [6.45, 7) is 1.51. The molecule has 0 radical (unpaired) electrons. The third kappa shape index (κ3) is 6.39. The first-order valence-corrected chi connectivity index (χ1v) is 12.5. The molecule has 0 spiro atoms. The van der Waals surface area contributed by atoms with Gasteiger partial charge in [-0.15, -0.1) is 0 Å². The standard InChI is InChI=1S/C31H28N4O5/c1-31(24-13-8-14-26(20-24)35(39)40,30(38)33-25-17-15-21(16-18-25)19-27(32)36)34-29(37)28(22-9-4-2-5-10-22)23-11-6-3-7-12-23/h2-18,20,28H,19H2,1H3,(H2,32,36)(H,33,38)(H,34,37). The quantitative estimate of drug-likeness (QED) is 0.203. The monoisotopic (exact) mass is 536 g/mol. The molecule has 202 valence electrons. The van der Waals surface area contributed by atoms with E-state index in [9.17, 15) is 24.5 Å². The van der Waals surface area contributed by atoms with Gasteiger partial charge in [-0.3, -0.25) is 24.5 Å². The van der Waals surface area contributed by atoms with Gasteiger partial charge >= 0.3 is 0 Å². The molecule has 3 amide bonds. The van der Waals surface area contributed by atoms with Crippen molar-refractivity contribution in [1.29, 1.82) is 0 Å². The normalized spacial score (nSPS) is 12.2. The molecule has 1 atom stereocenters. The van der Waals surface area contributed by atoms with Gasteiger partial charge in [0.2, 0.25) is 11.8 Å². The minimum atomic E-state index is -1.70. The number of carbonyl (C=O) groups is 3. The number of amides is 3. The summed E-state index contributed by atoms with van der Waals surface area (Å²) in [4.78, 5) is 50.0. The van der Waals surface area contributed by atoms with Crippen molar-refractivity contribution in [1.82, 2.24) is 5.32 Å². The van der Waals surface area contributed by atoms with Crippen LogP contribution in [0, 0.1) is 10.1 Å². The third-order valence-corrected chi connectivity index (χ3v) is 6.58. The maximum Gasteiger partial charge on any atom is 0.269 e. The van der Waals surface area contributed by atoms with E-state index < -0.39 is 34.1 Å². The number of hydrogen-bond donors (Lipinski definition) is 3. The number of hydrogen-bond acceptors (Lipinski definition) is 5. The predicted octanol–water partition coefficient (Wildman–Crippen LogP) is 4.42. The molecular formula is C31H28N4O5. The summed E-state index contributed by atoms with van der Waals surface area (Å²) in [5.74, 6) is -2.30. The van der Waals surface area contributed by atoms with Gasteiger partial charge in [0.25, 0.3) is 11.6 Å². The minimum Gasteiger partial charge on any atom is -0.369 e. The molecule has 0 aliphatic carbocycles. The molecule has 0 aromatic heterocycles. The Morgan fingerprint density at radius 3 is 1.95 bits per heavy atom. The van der Waals surface area contributed by atoms with E-state index in [0.717, 1.165) is 11.1 Å². The summed E-state index contributed by atoms with van der Waals surface area (Å²) < 4.78 is 0. The van der Waals surface area contributed by atoms with E-state index in [1.165, 1.54) is 25.1 Å². The number of anilines is 1. The van der Waals surface area contributed by atoms with Crippen molar-refractivity contribution < 1.29 is 19.3 Å². The average molecular weight is 537 g/mol. The second-order valence-electron chi connectivity index (χ2n) is 9.47. The van der Waals surface area contributed by atoms with Gasteiger partial charge in [0.05, 0.1) is 17.3 Å². The molecule has 4 rings (SSSR count). The first kappa shape index (κ1) is 27.7. The van der Waals surface area contributed by atoms with Crippen LogP contribution >= 0.6 is 0 Å². The molecule has 0 bridgehead atoms. The smallest absolute Gasteiger partial charge is 0.269 e. The lowest BCUT2D eigenvalue weighted by molar-refractivity contribution is -0.385. The summed E-state index contributed by atoms with van der Waals surface area (Å²) in [6, 6.07) is 30.5. The Bertz CT molecular complexity index is 1490. The zero-order valence-electron chi connectivity index (χ0n) is 21.7. The fourth-order valence-electron chi connectivity index (χ4n) is 4.46. The lowest BCUT2D eigenvalue weighted by atomic mass is 9.86. The summed E-state index contributed by atoms with van der Waals surface area (Å²) in [5.41, 5.74) is 6.10. The lowest BCUT2D eigenvalue weighted by Crippen LogP contribution is -2.53. The Morgan fingerprint density at radius 2 is 1.43 bits per heavy atom. The average Bonchev–Trinajstić information content (AvgIpc) is 2.95. The van der Waals surface area contributed by atoms with Crippen LogP contribution in [0.1, 0.15) is 35.1 Å². The van der Waals surface area contributed by atoms with Gasteiger partial charge < -0.3 is 16.4 Å². The molecule has 4 aromatic carbocycles. The fourth-order valence-corrected chi connectivity index (χ4v) is 4.46. The minimum absolute atomic E-state index is 0.0516. The highest BCUT2D eigenvalue weighted by Gasteiger charge is 2.40. The van der Waals surface area contributed by atoms with Crippen LogP contribution in [0.4, 0.5) is 11.4 Å². The van der Waals surface area contributed by atoms with Crippen LogP contribution in [0.2, 0.25) is 0 Å². The van der Waals surface area contributed by atoms with Gasteiger partial charge in [-0.1, -0.05) is 84.9 Å². The predicted molar refractivity (Wildman–Crippen MR) is 151 cm³/mol. The van der Waals surface area contributed by atoms with Crippen molar-refractivity contribution in [3.63, 3.8) is 0 Å². The first-order valence-electron chi connectivity index (χ1n) is 12.5. The van der Waals surface area contributed by atoms with E-state index in [1.54, 1.807) is 30.3 Å². The first-order chi connectivity index (χ1) is 19.2. The molecule has 0 heterocycles. The van der Waals surface area contributed by atoms with Crippen LogP contribution < -0.4 is 16.4 Å². The molecule has 40 heavy (non-hydrogen) atoms. The van der Waals surface area contributed by atoms with E-state index in [1.807, 2.05) is 60.7 Å². The Morgan fingerprint density at radius 1 is 0.850 bits per heavy atom. The number of nitrogens with zero attached hydrogens (tertiary/aromatic N) is 1. The van der Waals surface area contributed by atoms with Crippen LogP contribution in [0.5, 0.6) is 0 Å². The molecule has 9 nitrogen and oxygen atoms in total. The second-order valence-corrected chi connectivity index (χ2v) is 9.47. The van der Waals surface area contributed by atoms with Crippen LogP contribution in [0.3, 0.4) is 0 Å². The SMILES string of the molecule is CC(NC(=O)C(c1ccccc1)c1ccccc1)(C(=O)Nc1ccc(CC(N)=O)cc1)c1cccc([N+](=O)[O-])c1. The number of primary amides is 1. The Hall–Kier alpha value is -5.31. The van der Waals surface area contributed by atoms with Gasteiger partial charge in [0.15, 0.2) is 0 Å². The van der Waals surface area contributed by atoms with Crippen molar-refractivity contribution in [2.75, 3.05) is 5.32 Å². The molecule has 9 heteroatoms. The van der Waals surface area contributed by atoms with Gasteiger partial charge in [-0.05, 0) is 41.3 Å². The maximum absolute atomic E-state index is 14.0. The zero-order valence-corrected chi connectivity index (χ0v) is 21.7. The van der Waals surface area contributed by atoms with Gasteiger partial charge in [-0.25, -0.2) is 0 Å². The fraction of sp³-hybridized carbons (Fsp3) is 0.129. The summed E-state index contributed by atoms with van der Waals surface area (Å²) in [5, 5.41) is 17.2. The molecule has 0 fully saturated rings. The Labute approximate surface area is 231 Å². The van der Waals surface area contributed by atoms with Crippen molar-refractivity contribution >= 4 is 29.1 Å². The number of nitrogens with one attached hydrogen (secondary N) is 2. The Kier molecular flexibility index (Phi) is 8.34. The van der Waals surface area contributed by atoms with Crippen LogP contribution in [-0.4, -0.2) is 22.6 Å². The molecule has 4 N–H and O–H groups in total. The highest BCUT2D eigenvalue weighted by molar-refractivity contribution is 6.02. The molecule has 0 saturated heterocycles. The van der Waals surface area contributed by atoms with Gasteiger partial charge in [0, 0.05) is 17.8 Å². The third-order valence-electron chi connectivity index (χ3n) is 6.58. The zero-order chi connectivity index (χ0) is 28.7. The largest absolute Gasteiger partial charge is 0.369 e. The van der Waals surface area contributed by atoms with Crippen molar-refractivity contribution in [2.45, 2.75) is 24.8 Å². The van der Waals surface area contributed by atoms with Crippen molar-refractivity contribution in [2.24, 2.45) is 5.73 Å². The molecule has 0 saturated carbocycles. The van der Waals surface area contributed by atoms with Crippen molar-refractivity contribution in [3.8, 4) is 0 Å². The number of nitrogens with two attached hydrogens (primary N) is 1. The summed E-state index contributed by atoms with van der Waals surface area (Å²) in [7, 11) is 0. The molecule has 0 aliphatic rings.